The lowest BCUT2D eigenvalue weighted by Crippen LogP contribution is -2.53. The highest BCUT2D eigenvalue weighted by Gasteiger charge is 2.25. The Morgan fingerprint density at radius 1 is 1.08 bits per heavy atom. The van der Waals surface area contributed by atoms with Crippen LogP contribution in [0.15, 0.2) is 18.2 Å². The van der Waals surface area contributed by atoms with E-state index in [9.17, 15) is 14.4 Å². The Morgan fingerprint density at radius 3 is 2.28 bits per heavy atom. The van der Waals surface area contributed by atoms with E-state index in [2.05, 4.69) is 21.5 Å². The summed E-state index contributed by atoms with van der Waals surface area (Å²) in [6.45, 7) is 10.8. The fourth-order valence-electron chi connectivity index (χ4n) is 1.95. The highest BCUT2D eigenvalue weighted by atomic mass is 16.2. The van der Waals surface area contributed by atoms with Crippen LogP contribution in [0.4, 0.5) is 5.69 Å². The molecule has 7 heteroatoms. The summed E-state index contributed by atoms with van der Waals surface area (Å²) in [6.07, 6.45) is 0. The second-order valence-corrected chi connectivity index (χ2v) is 7.15. The Kier molecular flexibility index (Phi) is 6.97. The molecule has 1 aromatic carbocycles. The molecular formula is C18H28N4O3. The van der Waals surface area contributed by atoms with Gasteiger partial charge in [0.2, 0.25) is 5.91 Å². The first-order chi connectivity index (χ1) is 11.5. The standard InChI is InChI=1S/C18H28N4O3/c1-11-7-8-14(12(2)9-11)19-10-15(23)21-22-16(24)13(3)20-17(25)18(4,5)6/h7-9,13,19H,10H2,1-6H3,(H,20,25)(H,21,23)(H,22,24). The van der Waals surface area contributed by atoms with Crippen molar-refractivity contribution in [1.82, 2.24) is 16.2 Å². The number of hydrogen-bond acceptors (Lipinski definition) is 4. The van der Waals surface area contributed by atoms with Crippen LogP contribution in [-0.2, 0) is 14.4 Å². The van der Waals surface area contributed by atoms with Crippen LogP contribution in [0, 0.1) is 19.3 Å². The van der Waals surface area contributed by atoms with Gasteiger partial charge in [-0.15, -0.1) is 0 Å². The van der Waals surface area contributed by atoms with Crippen molar-refractivity contribution >= 4 is 23.4 Å². The summed E-state index contributed by atoms with van der Waals surface area (Å²) >= 11 is 0. The van der Waals surface area contributed by atoms with Crippen molar-refractivity contribution < 1.29 is 14.4 Å². The van der Waals surface area contributed by atoms with E-state index in [1.807, 2.05) is 32.0 Å². The minimum absolute atomic E-state index is 0.0207. The number of carbonyl (C=O) groups is 3. The zero-order valence-electron chi connectivity index (χ0n) is 15.7. The fourth-order valence-corrected chi connectivity index (χ4v) is 1.95. The van der Waals surface area contributed by atoms with Gasteiger partial charge in [0.25, 0.3) is 11.8 Å². The molecule has 0 saturated carbocycles. The minimum Gasteiger partial charge on any atom is -0.376 e. The average Bonchev–Trinajstić information content (AvgIpc) is 2.50. The molecule has 0 aromatic heterocycles. The van der Waals surface area contributed by atoms with E-state index in [0.717, 1.165) is 16.8 Å². The van der Waals surface area contributed by atoms with Gasteiger partial charge in [0.15, 0.2) is 0 Å². The molecule has 3 amide bonds. The molecule has 0 bridgehead atoms. The fraction of sp³-hybridized carbons (Fsp3) is 0.500. The van der Waals surface area contributed by atoms with Gasteiger partial charge in [0, 0.05) is 11.1 Å². The summed E-state index contributed by atoms with van der Waals surface area (Å²) in [6, 6.07) is 5.12. The number of aryl methyl sites for hydroxylation is 2. The molecule has 0 radical (unpaired) electrons. The molecule has 1 atom stereocenters. The summed E-state index contributed by atoms with van der Waals surface area (Å²) < 4.78 is 0. The normalized spacial score (nSPS) is 12.1. The lowest BCUT2D eigenvalue weighted by atomic mass is 9.95. The maximum Gasteiger partial charge on any atom is 0.260 e. The number of hydrogen-bond donors (Lipinski definition) is 4. The molecule has 7 nitrogen and oxygen atoms in total. The number of amides is 3. The van der Waals surface area contributed by atoms with Gasteiger partial charge in [0.1, 0.15) is 6.04 Å². The molecular weight excluding hydrogens is 320 g/mol. The predicted molar refractivity (Wildman–Crippen MR) is 97.8 cm³/mol. The maximum absolute atomic E-state index is 11.9. The Morgan fingerprint density at radius 2 is 1.72 bits per heavy atom. The van der Waals surface area contributed by atoms with Gasteiger partial charge in [0.05, 0.1) is 6.54 Å². The quantitative estimate of drug-likeness (QED) is 0.605. The van der Waals surface area contributed by atoms with Crippen LogP contribution in [0.1, 0.15) is 38.8 Å². The minimum atomic E-state index is -0.751. The summed E-state index contributed by atoms with van der Waals surface area (Å²) in [5, 5.41) is 5.61. The first-order valence-electron chi connectivity index (χ1n) is 8.21. The van der Waals surface area contributed by atoms with Crippen LogP contribution in [0.5, 0.6) is 0 Å². The van der Waals surface area contributed by atoms with Crippen LogP contribution in [0.25, 0.3) is 0 Å². The summed E-state index contributed by atoms with van der Waals surface area (Å²) in [5.74, 6) is -1.11. The molecule has 0 heterocycles. The first-order valence-corrected chi connectivity index (χ1v) is 8.21. The van der Waals surface area contributed by atoms with Gasteiger partial charge in [-0.1, -0.05) is 38.5 Å². The van der Waals surface area contributed by atoms with E-state index in [-0.39, 0.29) is 18.4 Å². The SMILES string of the molecule is Cc1ccc(NCC(=O)NNC(=O)C(C)NC(=O)C(C)(C)C)c(C)c1. The van der Waals surface area contributed by atoms with Crippen molar-refractivity contribution in [2.45, 2.75) is 47.6 Å². The van der Waals surface area contributed by atoms with Gasteiger partial charge < -0.3 is 10.6 Å². The van der Waals surface area contributed by atoms with Crippen LogP contribution < -0.4 is 21.5 Å². The Labute approximate surface area is 148 Å². The Bertz CT molecular complexity index is 650. The predicted octanol–water partition coefficient (Wildman–Crippen LogP) is 1.41. The molecule has 0 aliphatic heterocycles. The summed E-state index contributed by atoms with van der Waals surface area (Å²) in [5.41, 5.74) is 7.08. The van der Waals surface area contributed by atoms with E-state index in [1.54, 1.807) is 27.7 Å². The van der Waals surface area contributed by atoms with Crippen LogP contribution >= 0.6 is 0 Å². The smallest absolute Gasteiger partial charge is 0.260 e. The highest BCUT2D eigenvalue weighted by Crippen LogP contribution is 2.15. The van der Waals surface area contributed by atoms with Gasteiger partial charge in [-0.25, -0.2) is 0 Å². The van der Waals surface area contributed by atoms with E-state index in [1.165, 1.54) is 0 Å². The largest absolute Gasteiger partial charge is 0.376 e. The topological polar surface area (TPSA) is 99.3 Å². The number of rotatable bonds is 5. The molecule has 4 N–H and O–H groups in total. The van der Waals surface area contributed by atoms with Crippen molar-refractivity contribution in [2.75, 3.05) is 11.9 Å². The lowest BCUT2D eigenvalue weighted by Gasteiger charge is -2.21. The number of nitrogens with one attached hydrogen (secondary N) is 4. The number of carbonyl (C=O) groups excluding carboxylic acids is 3. The number of benzene rings is 1. The molecule has 1 unspecified atom stereocenters. The van der Waals surface area contributed by atoms with Gasteiger partial charge in [-0.05, 0) is 32.4 Å². The highest BCUT2D eigenvalue weighted by molar-refractivity contribution is 5.90. The molecule has 25 heavy (non-hydrogen) atoms. The van der Waals surface area contributed by atoms with Crippen LogP contribution in [-0.4, -0.2) is 30.3 Å². The van der Waals surface area contributed by atoms with E-state index in [0.29, 0.717) is 0 Å². The molecule has 0 saturated heterocycles. The lowest BCUT2D eigenvalue weighted by molar-refractivity contribution is -0.134. The zero-order chi connectivity index (χ0) is 19.2. The van der Waals surface area contributed by atoms with Crippen LogP contribution in [0.3, 0.4) is 0 Å². The van der Waals surface area contributed by atoms with Crippen LogP contribution in [0.2, 0.25) is 0 Å². The Balaban J connectivity index is 2.40. The molecule has 138 valence electrons. The van der Waals surface area contributed by atoms with Crippen molar-refractivity contribution in [3.63, 3.8) is 0 Å². The molecule has 0 spiro atoms. The third kappa shape index (κ3) is 6.82. The molecule has 0 fully saturated rings. The van der Waals surface area contributed by atoms with Crippen molar-refractivity contribution in [1.29, 1.82) is 0 Å². The van der Waals surface area contributed by atoms with E-state index >= 15 is 0 Å². The monoisotopic (exact) mass is 348 g/mol. The second kappa shape index (κ2) is 8.50. The van der Waals surface area contributed by atoms with Crippen molar-refractivity contribution in [2.24, 2.45) is 5.41 Å². The first kappa shape index (κ1) is 20.5. The third-order valence-electron chi connectivity index (χ3n) is 3.57. The number of anilines is 1. The number of hydrazine groups is 1. The summed E-state index contributed by atoms with van der Waals surface area (Å²) in [7, 11) is 0. The molecule has 1 aromatic rings. The summed E-state index contributed by atoms with van der Waals surface area (Å²) in [4.78, 5) is 35.6. The van der Waals surface area contributed by atoms with Crippen molar-refractivity contribution in [3.05, 3.63) is 29.3 Å². The van der Waals surface area contributed by atoms with Crippen molar-refractivity contribution in [3.8, 4) is 0 Å². The average molecular weight is 348 g/mol. The third-order valence-corrected chi connectivity index (χ3v) is 3.57. The molecule has 0 aliphatic rings. The van der Waals surface area contributed by atoms with Gasteiger partial charge in [-0.2, -0.15) is 0 Å². The maximum atomic E-state index is 11.9. The zero-order valence-corrected chi connectivity index (χ0v) is 15.7. The Hall–Kier alpha value is -2.57. The molecule has 1 rings (SSSR count). The van der Waals surface area contributed by atoms with E-state index < -0.39 is 17.4 Å². The van der Waals surface area contributed by atoms with E-state index in [4.69, 9.17) is 0 Å². The van der Waals surface area contributed by atoms with Gasteiger partial charge in [-0.3, -0.25) is 25.2 Å². The van der Waals surface area contributed by atoms with Gasteiger partial charge >= 0.3 is 0 Å². The second-order valence-electron chi connectivity index (χ2n) is 7.15. The molecule has 0 aliphatic carbocycles.